The Hall–Kier alpha value is 0.500. The van der Waals surface area contributed by atoms with Crippen molar-refractivity contribution in [2.24, 2.45) is 0 Å². The Bertz CT molecular complexity index is 102. The van der Waals surface area contributed by atoms with Crippen LogP contribution in [0.2, 0.25) is 0 Å². The maximum atomic E-state index is 5.63. The SMILES string of the molecule is ClCCC1(CCl)OCCO1. The van der Waals surface area contributed by atoms with Gasteiger partial charge in [0.15, 0.2) is 5.79 Å². The summed E-state index contributed by atoms with van der Waals surface area (Å²) in [6.45, 7) is 1.26. The first kappa shape index (κ1) is 8.60. The van der Waals surface area contributed by atoms with Crippen molar-refractivity contribution in [2.75, 3.05) is 25.0 Å². The Morgan fingerprint density at radius 2 is 1.80 bits per heavy atom. The average Bonchev–Trinajstić information content (AvgIpc) is 2.39. The molecular formula is C6H10Cl2O2. The van der Waals surface area contributed by atoms with Crippen LogP contribution in [0, 0.1) is 0 Å². The summed E-state index contributed by atoms with van der Waals surface area (Å²) in [7, 11) is 0. The van der Waals surface area contributed by atoms with E-state index in [0.29, 0.717) is 31.4 Å². The lowest BCUT2D eigenvalue weighted by Gasteiger charge is -2.23. The summed E-state index contributed by atoms with van der Waals surface area (Å²) in [5, 5.41) is 0. The van der Waals surface area contributed by atoms with Crippen LogP contribution in [-0.2, 0) is 9.47 Å². The van der Waals surface area contributed by atoms with Gasteiger partial charge in [0.1, 0.15) is 0 Å². The van der Waals surface area contributed by atoms with Gasteiger partial charge in [0.25, 0.3) is 0 Å². The lowest BCUT2D eigenvalue weighted by Crippen LogP contribution is -2.32. The van der Waals surface area contributed by atoms with Crippen LogP contribution in [0.25, 0.3) is 0 Å². The van der Waals surface area contributed by atoms with E-state index in [-0.39, 0.29) is 0 Å². The molecule has 60 valence electrons. The molecule has 0 aliphatic carbocycles. The molecule has 1 fully saturated rings. The Balaban J connectivity index is 2.41. The summed E-state index contributed by atoms with van der Waals surface area (Å²) in [5.74, 6) is 0.301. The van der Waals surface area contributed by atoms with Gasteiger partial charge < -0.3 is 9.47 Å². The molecule has 1 aliphatic heterocycles. The molecule has 0 bridgehead atoms. The molecule has 4 heteroatoms. The van der Waals surface area contributed by atoms with E-state index in [1.807, 2.05) is 0 Å². The van der Waals surface area contributed by atoms with Gasteiger partial charge in [-0.2, -0.15) is 0 Å². The number of hydrogen-bond donors (Lipinski definition) is 0. The Labute approximate surface area is 70.4 Å². The molecule has 1 saturated heterocycles. The van der Waals surface area contributed by atoms with Gasteiger partial charge in [0.05, 0.1) is 19.1 Å². The fraction of sp³-hybridized carbons (Fsp3) is 1.00. The van der Waals surface area contributed by atoms with E-state index in [1.165, 1.54) is 0 Å². The van der Waals surface area contributed by atoms with Crippen LogP contribution in [0.5, 0.6) is 0 Å². The normalized spacial score (nSPS) is 23.4. The number of hydrogen-bond acceptors (Lipinski definition) is 2. The van der Waals surface area contributed by atoms with Crippen molar-refractivity contribution in [2.45, 2.75) is 12.2 Å². The van der Waals surface area contributed by atoms with Crippen molar-refractivity contribution in [3.05, 3.63) is 0 Å². The molecule has 1 heterocycles. The first-order valence-electron chi connectivity index (χ1n) is 3.23. The molecule has 0 saturated carbocycles. The highest BCUT2D eigenvalue weighted by molar-refractivity contribution is 6.19. The average molecular weight is 185 g/mol. The molecule has 2 nitrogen and oxygen atoms in total. The van der Waals surface area contributed by atoms with Crippen molar-refractivity contribution in [3.63, 3.8) is 0 Å². The van der Waals surface area contributed by atoms with Crippen LogP contribution in [0.1, 0.15) is 6.42 Å². The lowest BCUT2D eigenvalue weighted by atomic mass is 10.2. The molecule has 0 radical (unpaired) electrons. The van der Waals surface area contributed by atoms with Gasteiger partial charge in [-0.3, -0.25) is 0 Å². The van der Waals surface area contributed by atoms with Gasteiger partial charge in [-0.15, -0.1) is 23.2 Å². The van der Waals surface area contributed by atoms with E-state index in [0.717, 1.165) is 0 Å². The second-order valence-electron chi connectivity index (χ2n) is 2.18. The van der Waals surface area contributed by atoms with Gasteiger partial charge in [0, 0.05) is 12.3 Å². The van der Waals surface area contributed by atoms with Crippen molar-refractivity contribution >= 4 is 23.2 Å². The largest absolute Gasteiger partial charge is 0.346 e. The third-order valence-corrected chi connectivity index (χ3v) is 2.09. The predicted octanol–water partition coefficient (Wildman–Crippen LogP) is 1.60. The van der Waals surface area contributed by atoms with Crippen molar-refractivity contribution < 1.29 is 9.47 Å². The summed E-state index contributed by atoms with van der Waals surface area (Å²) >= 11 is 11.2. The first-order chi connectivity index (χ1) is 4.83. The van der Waals surface area contributed by atoms with Crippen molar-refractivity contribution in [1.82, 2.24) is 0 Å². The third-order valence-electron chi connectivity index (χ3n) is 1.49. The van der Waals surface area contributed by atoms with E-state index in [2.05, 4.69) is 0 Å². The number of alkyl halides is 2. The Kier molecular flexibility index (Phi) is 3.24. The summed E-state index contributed by atoms with van der Waals surface area (Å²) in [6, 6.07) is 0. The van der Waals surface area contributed by atoms with E-state index in [4.69, 9.17) is 32.7 Å². The minimum Gasteiger partial charge on any atom is -0.346 e. The van der Waals surface area contributed by atoms with Gasteiger partial charge in [-0.05, 0) is 0 Å². The Morgan fingerprint density at radius 3 is 2.20 bits per heavy atom. The minimum atomic E-state index is -0.580. The highest BCUT2D eigenvalue weighted by atomic mass is 35.5. The van der Waals surface area contributed by atoms with Crippen LogP contribution >= 0.6 is 23.2 Å². The quantitative estimate of drug-likeness (QED) is 0.621. The minimum absolute atomic E-state index is 0.361. The molecule has 10 heavy (non-hydrogen) atoms. The molecule has 0 N–H and O–H groups in total. The van der Waals surface area contributed by atoms with E-state index >= 15 is 0 Å². The van der Waals surface area contributed by atoms with Gasteiger partial charge in [-0.1, -0.05) is 0 Å². The number of halogens is 2. The van der Waals surface area contributed by atoms with Crippen molar-refractivity contribution in [1.29, 1.82) is 0 Å². The van der Waals surface area contributed by atoms with E-state index in [1.54, 1.807) is 0 Å². The molecular weight excluding hydrogens is 175 g/mol. The molecule has 0 unspecified atom stereocenters. The fourth-order valence-electron chi connectivity index (χ4n) is 0.929. The highest BCUT2D eigenvalue weighted by Crippen LogP contribution is 2.24. The summed E-state index contributed by atoms with van der Waals surface area (Å²) in [6.07, 6.45) is 0.665. The molecule has 0 aromatic heterocycles. The van der Waals surface area contributed by atoms with Gasteiger partial charge in [-0.25, -0.2) is 0 Å². The molecule has 0 spiro atoms. The monoisotopic (exact) mass is 184 g/mol. The molecule has 0 aromatic carbocycles. The molecule has 1 aliphatic rings. The van der Waals surface area contributed by atoms with Crippen molar-refractivity contribution in [3.8, 4) is 0 Å². The van der Waals surface area contributed by atoms with Crippen LogP contribution in [0.4, 0.5) is 0 Å². The smallest absolute Gasteiger partial charge is 0.183 e. The topological polar surface area (TPSA) is 18.5 Å². The second-order valence-corrected chi connectivity index (χ2v) is 2.83. The highest BCUT2D eigenvalue weighted by Gasteiger charge is 2.34. The van der Waals surface area contributed by atoms with Gasteiger partial charge in [0.2, 0.25) is 0 Å². The zero-order chi connectivity index (χ0) is 7.45. The van der Waals surface area contributed by atoms with Crippen LogP contribution in [0.15, 0.2) is 0 Å². The zero-order valence-electron chi connectivity index (χ0n) is 5.61. The number of rotatable bonds is 3. The Morgan fingerprint density at radius 1 is 1.20 bits per heavy atom. The van der Waals surface area contributed by atoms with Crippen LogP contribution < -0.4 is 0 Å². The van der Waals surface area contributed by atoms with E-state index in [9.17, 15) is 0 Å². The third kappa shape index (κ3) is 1.76. The molecule has 1 rings (SSSR count). The summed E-state index contributed by atoms with van der Waals surface area (Å²) < 4.78 is 10.6. The molecule has 0 aromatic rings. The summed E-state index contributed by atoms with van der Waals surface area (Å²) in [4.78, 5) is 0. The zero-order valence-corrected chi connectivity index (χ0v) is 7.12. The molecule has 0 atom stereocenters. The predicted molar refractivity (Wildman–Crippen MR) is 40.7 cm³/mol. The first-order valence-corrected chi connectivity index (χ1v) is 4.30. The maximum Gasteiger partial charge on any atom is 0.183 e. The molecule has 0 amide bonds. The van der Waals surface area contributed by atoms with Crippen LogP contribution in [-0.4, -0.2) is 30.8 Å². The van der Waals surface area contributed by atoms with Gasteiger partial charge >= 0.3 is 0 Å². The standard InChI is InChI=1S/C6H10Cl2O2/c7-2-1-6(5-8)9-3-4-10-6/h1-5H2. The van der Waals surface area contributed by atoms with E-state index < -0.39 is 5.79 Å². The van der Waals surface area contributed by atoms with Crippen LogP contribution in [0.3, 0.4) is 0 Å². The maximum absolute atomic E-state index is 5.63. The fourth-order valence-corrected chi connectivity index (χ4v) is 1.51. The second kappa shape index (κ2) is 3.77. The number of ether oxygens (including phenoxy) is 2. The summed E-state index contributed by atoms with van der Waals surface area (Å²) in [5.41, 5.74) is 0. The lowest BCUT2D eigenvalue weighted by molar-refractivity contribution is -0.139.